The molecule has 0 aliphatic heterocycles. The normalized spacial score (nSPS) is 30.8. The van der Waals surface area contributed by atoms with Gasteiger partial charge in [0.2, 0.25) is 0 Å². The summed E-state index contributed by atoms with van der Waals surface area (Å²) in [6, 6.07) is 17.4. The first-order valence-corrected chi connectivity index (χ1v) is 16.6. The molecule has 4 bridgehead atoms. The maximum Gasteiger partial charge on any atom is 0.152 e. The second-order valence-corrected chi connectivity index (χ2v) is 15.2. The molecule has 0 amide bonds. The van der Waals surface area contributed by atoms with Crippen molar-refractivity contribution in [3.8, 4) is 0 Å². The average molecular weight is 677 g/mol. The standard InChI is InChI=1S/2C10H10O2.2C10H17O.Ti/c2*1-8(11)7-10(12)9-5-3-2-4-6-9;2*1-9(2)7-4-5-10(9,3)8(11)6-7;/h2*2-7,12H,1H3;2*7-8H,4-6H2,1-3H3;/q;;2*-1;/p-2/b2*10-7-;;;. The van der Waals surface area contributed by atoms with Crippen molar-refractivity contribution in [1.82, 2.24) is 0 Å². The van der Waals surface area contributed by atoms with Gasteiger partial charge in [0.25, 0.3) is 0 Å². The van der Waals surface area contributed by atoms with Gasteiger partial charge in [0, 0.05) is 21.7 Å². The molecule has 0 aromatic heterocycles. The quantitative estimate of drug-likeness (QED) is 0.253. The molecule has 0 spiro atoms. The third-order valence-corrected chi connectivity index (χ3v) is 12.2. The smallest absolute Gasteiger partial charge is 0.152 e. The Morgan fingerprint density at radius 3 is 1.09 bits per heavy atom. The molecular formula is C40H52O6Ti-4. The Hall–Kier alpha value is -2.51. The fourth-order valence-electron chi connectivity index (χ4n) is 8.00. The van der Waals surface area contributed by atoms with Gasteiger partial charge in [-0.25, -0.2) is 0 Å². The molecule has 6 unspecified atom stereocenters. The van der Waals surface area contributed by atoms with Crippen molar-refractivity contribution < 1.29 is 51.7 Å². The van der Waals surface area contributed by atoms with Crippen LogP contribution in [0.15, 0.2) is 72.8 Å². The van der Waals surface area contributed by atoms with Crippen molar-refractivity contribution in [2.24, 2.45) is 33.5 Å². The van der Waals surface area contributed by atoms with Crippen LogP contribution in [0.3, 0.4) is 0 Å². The van der Waals surface area contributed by atoms with Gasteiger partial charge in [-0.05, 0) is 96.3 Å². The predicted molar refractivity (Wildman–Crippen MR) is 176 cm³/mol. The van der Waals surface area contributed by atoms with Gasteiger partial charge in [-0.15, -0.1) is 12.2 Å². The predicted octanol–water partition coefficient (Wildman–Crippen LogP) is 5.07. The number of hydrogen-bond donors (Lipinski definition) is 0. The van der Waals surface area contributed by atoms with E-state index in [2.05, 4.69) is 41.5 Å². The van der Waals surface area contributed by atoms with Crippen LogP contribution in [0.1, 0.15) is 105 Å². The maximum atomic E-state index is 11.7. The van der Waals surface area contributed by atoms with Crippen molar-refractivity contribution in [3.05, 3.63) is 83.9 Å². The molecule has 0 radical (unpaired) electrons. The van der Waals surface area contributed by atoms with Crippen molar-refractivity contribution in [2.75, 3.05) is 0 Å². The van der Waals surface area contributed by atoms with Gasteiger partial charge in [-0.3, -0.25) is 9.59 Å². The molecule has 6 nitrogen and oxygen atoms in total. The Morgan fingerprint density at radius 1 is 0.617 bits per heavy atom. The molecule has 4 saturated carbocycles. The van der Waals surface area contributed by atoms with E-state index < -0.39 is 0 Å². The first kappa shape index (κ1) is 40.7. The van der Waals surface area contributed by atoms with Gasteiger partial charge in [0.05, 0.1) is 0 Å². The Bertz CT molecular complexity index is 1290. The molecule has 0 heterocycles. The zero-order valence-electron chi connectivity index (χ0n) is 29.4. The van der Waals surface area contributed by atoms with Crippen LogP contribution in [0, 0.1) is 33.5 Å². The number of allylic oxidation sites excluding steroid dienone is 2. The van der Waals surface area contributed by atoms with Crippen LogP contribution in [0.5, 0.6) is 0 Å². The monoisotopic (exact) mass is 676 g/mol. The molecule has 0 saturated heterocycles. The topological polar surface area (TPSA) is 126 Å². The Morgan fingerprint density at radius 2 is 0.915 bits per heavy atom. The summed E-state index contributed by atoms with van der Waals surface area (Å²) in [6.45, 7) is 16.2. The zero-order valence-corrected chi connectivity index (χ0v) is 31.0. The van der Waals surface area contributed by atoms with E-state index in [9.17, 15) is 30.0 Å². The molecular weight excluding hydrogens is 624 g/mol. The number of carbonyl (C=O) groups is 2. The summed E-state index contributed by atoms with van der Waals surface area (Å²) in [6.07, 6.45) is 8.41. The molecule has 4 aliphatic carbocycles. The SMILES string of the molecule is CC(=O)/C=C(\[O-])c1ccccc1.CC(=O)/C=C(\[O-])c1ccccc1.CC1(C)C2CCC1(C)C([O-])C2.CC1(C)C2CCC1(C)C([O-])C2.[Ti]. The van der Waals surface area contributed by atoms with Gasteiger partial charge in [0.1, 0.15) is 0 Å². The van der Waals surface area contributed by atoms with E-state index in [-0.39, 0.29) is 67.8 Å². The van der Waals surface area contributed by atoms with Crippen molar-refractivity contribution in [1.29, 1.82) is 0 Å². The summed E-state index contributed by atoms with van der Waals surface area (Å²) in [5.41, 5.74) is 1.95. The van der Waals surface area contributed by atoms with Crippen LogP contribution in [0.4, 0.5) is 0 Å². The number of rotatable bonds is 4. The second-order valence-electron chi connectivity index (χ2n) is 15.2. The second kappa shape index (κ2) is 16.3. The maximum absolute atomic E-state index is 11.7. The molecule has 7 heteroatoms. The van der Waals surface area contributed by atoms with Crippen LogP contribution >= 0.6 is 0 Å². The summed E-state index contributed by atoms with van der Waals surface area (Å²) >= 11 is 0. The van der Waals surface area contributed by atoms with E-state index >= 15 is 0 Å². The van der Waals surface area contributed by atoms with E-state index in [1.807, 2.05) is 12.1 Å². The van der Waals surface area contributed by atoms with Crippen LogP contribution in [-0.2, 0) is 31.3 Å². The fraction of sp³-hybridized carbons (Fsp3) is 0.550. The molecule has 4 aliphatic rings. The van der Waals surface area contributed by atoms with E-state index in [0.717, 1.165) is 36.8 Å². The molecule has 4 fully saturated rings. The summed E-state index contributed by atoms with van der Waals surface area (Å²) in [4.78, 5) is 21.1. The van der Waals surface area contributed by atoms with Crippen LogP contribution < -0.4 is 20.4 Å². The molecule has 47 heavy (non-hydrogen) atoms. The summed E-state index contributed by atoms with van der Waals surface area (Å²) < 4.78 is 0. The minimum absolute atomic E-state index is 0. The first-order valence-electron chi connectivity index (χ1n) is 16.6. The zero-order chi connectivity index (χ0) is 34.5. The molecule has 0 N–H and O–H groups in total. The van der Waals surface area contributed by atoms with E-state index in [4.69, 9.17) is 0 Å². The van der Waals surface area contributed by atoms with Crippen LogP contribution in [-0.4, -0.2) is 23.8 Å². The fourth-order valence-corrected chi connectivity index (χ4v) is 8.00. The summed E-state index contributed by atoms with van der Waals surface area (Å²) in [5.74, 6) is 0.531. The van der Waals surface area contributed by atoms with Crippen molar-refractivity contribution >= 4 is 23.1 Å². The molecule has 2 aromatic rings. The van der Waals surface area contributed by atoms with E-state index in [0.29, 0.717) is 22.0 Å². The average Bonchev–Trinajstić information content (AvgIpc) is 3.50. The van der Waals surface area contributed by atoms with Crippen molar-refractivity contribution in [2.45, 2.75) is 106 Å². The molecule has 6 rings (SSSR count). The van der Waals surface area contributed by atoms with Gasteiger partial charge >= 0.3 is 0 Å². The number of carbonyl (C=O) groups excluding carboxylic acids is 2. The van der Waals surface area contributed by atoms with Gasteiger partial charge in [-0.2, -0.15) is 0 Å². The number of ketones is 2. The third-order valence-electron chi connectivity index (χ3n) is 12.2. The summed E-state index contributed by atoms with van der Waals surface area (Å²) in [7, 11) is 0. The van der Waals surface area contributed by atoms with E-state index in [1.54, 1.807) is 48.5 Å². The Kier molecular flexibility index (Phi) is 14.1. The van der Waals surface area contributed by atoms with Gasteiger partial charge < -0.3 is 20.4 Å². The van der Waals surface area contributed by atoms with E-state index in [1.165, 1.54) is 39.5 Å². The van der Waals surface area contributed by atoms with Crippen LogP contribution in [0.25, 0.3) is 11.5 Å². The first-order chi connectivity index (χ1) is 21.4. The Labute approximate surface area is 297 Å². The number of benzene rings is 2. The Balaban J connectivity index is 0.000000216. The minimum atomic E-state index is -0.281. The largest absolute Gasteiger partial charge is 0.872 e. The van der Waals surface area contributed by atoms with Gasteiger partial charge in [-0.1, -0.05) is 127 Å². The number of fused-ring (bicyclic) bond motifs is 4. The molecule has 256 valence electrons. The minimum Gasteiger partial charge on any atom is -0.872 e. The third kappa shape index (κ3) is 8.95. The summed E-state index contributed by atoms with van der Waals surface area (Å²) in [5, 5.41) is 45.7. The molecule has 6 atom stereocenters. The number of hydrogen-bond acceptors (Lipinski definition) is 6. The molecule has 2 aromatic carbocycles. The van der Waals surface area contributed by atoms with Crippen molar-refractivity contribution in [3.63, 3.8) is 0 Å². The van der Waals surface area contributed by atoms with Gasteiger partial charge in [0.15, 0.2) is 11.6 Å². The van der Waals surface area contributed by atoms with Crippen LogP contribution in [0.2, 0.25) is 0 Å².